The van der Waals surface area contributed by atoms with Gasteiger partial charge in [-0.3, -0.25) is 0 Å². The van der Waals surface area contributed by atoms with Crippen LogP contribution in [0.15, 0.2) is 23.6 Å². The molecule has 1 fully saturated rings. The zero-order valence-corrected chi connectivity index (χ0v) is 5.74. The van der Waals surface area contributed by atoms with Crippen molar-refractivity contribution in [2.75, 3.05) is 0 Å². The molecule has 9 heavy (non-hydrogen) atoms. The minimum atomic E-state index is 1.22. The topological polar surface area (TPSA) is 0 Å². The van der Waals surface area contributed by atoms with E-state index in [4.69, 9.17) is 0 Å². The molecule has 0 atom stereocenters. The van der Waals surface area contributed by atoms with Gasteiger partial charge < -0.3 is 0 Å². The van der Waals surface area contributed by atoms with Gasteiger partial charge in [-0.1, -0.05) is 17.9 Å². The Balaban J connectivity index is 2.60. The number of allylic oxidation sites excluding steroid dienone is 1. The highest BCUT2D eigenvalue weighted by Crippen LogP contribution is 2.20. The smallest absolute Gasteiger partial charge is 0.0199 e. The molecule has 0 aromatic heterocycles. The Morgan fingerprint density at radius 2 is 1.78 bits per heavy atom. The number of hydrogen-bond donors (Lipinski definition) is 0. The quantitative estimate of drug-likeness (QED) is 0.431. The first kappa shape index (κ1) is 6.42. The molecule has 1 saturated carbocycles. The van der Waals surface area contributed by atoms with Crippen LogP contribution in [-0.4, -0.2) is 0 Å². The SMILES string of the molecule is C=C=C=C1CCCCC1. The minimum absolute atomic E-state index is 1.22. The third kappa shape index (κ3) is 1.93. The molecule has 0 N–H and O–H groups in total. The molecule has 0 spiro atoms. The lowest BCUT2D eigenvalue weighted by Gasteiger charge is -2.09. The summed E-state index contributed by atoms with van der Waals surface area (Å²) in [5.74, 6) is 0. The predicted octanol–water partition coefficient (Wildman–Crippen LogP) is 2.82. The van der Waals surface area contributed by atoms with E-state index in [9.17, 15) is 0 Å². The van der Waals surface area contributed by atoms with Gasteiger partial charge in [0.05, 0.1) is 0 Å². The summed E-state index contributed by atoms with van der Waals surface area (Å²) in [5.41, 5.74) is 7.15. The van der Waals surface area contributed by atoms with E-state index >= 15 is 0 Å². The lowest BCUT2D eigenvalue weighted by molar-refractivity contribution is 0.600. The Labute approximate surface area is 56.6 Å². The predicted molar refractivity (Wildman–Crippen MR) is 39.3 cm³/mol. The van der Waals surface area contributed by atoms with Crippen molar-refractivity contribution in [3.63, 3.8) is 0 Å². The summed E-state index contributed by atoms with van der Waals surface area (Å²) < 4.78 is 0. The van der Waals surface area contributed by atoms with Gasteiger partial charge in [-0.05, 0) is 37.8 Å². The van der Waals surface area contributed by atoms with E-state index in [2.05, 4.69) is 18.0 Å². The van der Waals surface area contributed by atoms with Crippen molar-refractivity contribution < 1.29 is 0 Å². The van der Waals surface area contributed by atoms with Crippen LogP contribution in [0.25, 0.3) is 0 Å². The van der Waals surface area contributed by atoms with E-state index in [1.807, 2.05) is 0 Å². The van der Waals surface area contributed by atoms with Gasteiger partial charge in [0.2, 0.25) is 0 Å². The molecule has 0 aliphatic heterocycles. The molecule has 0 aromatic carbocycles. The fourth-order valence-electron chi connectivity index (χ4n) is 1.23. The Kier molecular flexibility index (Phi) is 2.39. The molecular formula is C9H12. The van der Waals surface area contributed by atoms with Gasteiger partial charge >= 0.3 is 0 Å². The fourth-order valence-corrected chi connectivity index (χ4v) is 1.23. The Bertz CT molecular complexity index is 156. The second-order valence-electron chi connectivity index (χ2n) is 2.47. The summed E-state index contributed by atoms with van der Waals surface area (Å²) in [6, 6.07) is 0. The van der Waals surface area contributed by atoms with Gasteiger partial charge in [-0.15, -0.1) is 0 Å². The molecule has 0 radical (unpaired) electrons. The molecule has 0 bridgehead atoms. The molecule has 0 amide bonds. The van der Waals surface area contributed by atoms with Crippen molar-refractivity contribution in [1.29, 1.82) is 0 Å². The molecule has 1 aliphatic rings. The van der Waals surface area contributed by atoms with Gasteiger partial charge in [0, 0.05) is 0 Å². The molecule has 0 heteroatoms. The molecule has 0 nitrogen and oxygen atoms in total. The highest BCUT2D eigenvalue weighted by Gasteiger charge is 2.02. The second kappa shape index (κ2) is 3.35. The van der Waals surface area contributed by atoms with E-state index in [1.54, 1.807) is 0 Å². The molecular weight excluding hydrogens is 108 g/mol. The maximum absolute atomic E-state index is 3.50. The highest BCUT2D eigenvalue weighted by molar-refractivity contribution is 5.02. The van der Waals surface area contributed by atoms with Gasteiger partial charge in [0.1, 0.15) is 0 Å². The van der Waals surface area contributed by atoms with E-state index < -0.39 is 0 Å². The molecule has 48 valence electrons. The largest absolute Gasteiger partial charge is 0.0782 e. The molecule has 1 rings (SSSR count). The molecule has 0 aromatic rings. The van der Waals surface area contributed by atoms with Gasteiger partial charge in [0.15, 0.2) is 0 Å². The van der Waals surface area contributed by atoms with Gasteiger partial charge in [0.25, 0.3) is 0 Å². The zero-order chi connectivity index (χ0) is 6.53. The monoisotopic (exact) mass is 120 g/mol. The van der Waals surface area contributed by atoms with Crippen molar-refractivity contribution in [1.82, 2.24) is 0 Å². The van der Waals surface area contributed by atoms with Crippen LogP contribution in [0.5, 0.6) is 0 Å². The van der Waals surface area contributed by atoms with Crippen LogP contribution in [0, 0.1) is 0 Å². The summed E-state index contributed by atoms with van der Waals surface area (Å²) in [7, 11) is 0. The van der Waals surface area contributed by atoms with Crippen LogP contribution >= 0.6 is 0 Å². The average Bonchev–Trinajstić information content (AvgIpc) is 1.91. The summed E-state index contributed by atoms with van der Waals surface area (Å²) >= 11 is 0. The summed E-state index contributed by atoms with van der Waals surface area (Å²) in [5, 5.41) is 0. The first-order chi connectivity index (χ1) is 4.43. The highest BCUT2D eigenvalue weighted by atomic mass is 14.1. The van der Waals surface area contributed by atoms with Crippen LogP contribution < -0.4 is 0 Å². The van der Waals surface area contributed by atoms with Gasteiger partial charge in [-0.25, -0.2) is 0 Å². The summed E-state index contributed by atoms with van der Waals surface area (Å²) in [4.78, 5) is 0. The maximum atomic E-state index is 3.50. The Hall–Kier alpha value is -0.700. The van der Waals surface area contributed by atoms with Crippen molar-refractivity contribution in [2.24, 2.45) is 0 Å². The Morgan fingerprint density at radius 1 is 1.11 bits per heavy atom. The van der Waals surface area contributed by atoms with Crippen LogP contribution in [0.2, 0.25) is 0 Å². The van der Waals surface area contributed by atoms with Crippen LogP contribution in [0.1, 0.15) is 32.1 Å². The zero-order valence-electron chi connectivity index (χ0n) is 5.74. The maximum Gasteiger partial charge on any atom is -0.0199 e. The van der Waals surface area contributed by atoms with E-state index in [0.29, 0.717) is 0 Å². The summed E-state index contributed by atoms with van der Waals surface area (Å²) in [6.45, 7) is 3.50. The normalized spacial score (nSPS) is 18.4. The third-order valence-electron chi connectivity index (χ3n) is 1.72. The lowest BCUT2D eigenvalue weighted by atomic mass is 9.96. The average molecular weight is 120 g/mol. The molecule has 0 saturated heterocycles. The standard InChI is InChI=1S/C9H12/c1-2-6-9-7-4-3-5-8-9/h1,3-5,7-8H2. The van der Waals surface area contributed by atoms with Crippen LogP contribution in [0.4, 0.5) is 0 Å². The third-order valence-corrected chi connectivity index (χ3v) is 1.72. The van der Waals surface area contributed by atoms with E-state index in [0.717, 1.165) is 0 Å². The first-order valence-corrected chi connectivity index (χ1v) is 3.56. The second-order valence-corrected chi connectivity index (χ2v) is 2.47. The van der Waals surface area contributed by atoms with Crippen molar-refractivity contribution in [3.05, 3.63) is 23.6 Å². The van der Waals surface area contributed by atoms with Crippen LogP contribution in [0.3, 0.4) is 0 Å². The molecule has 0 unspecified atom stereocenters. The lowest BCUT2D eigenvalue weighted by Crippen LogP contribution is -1.91. The van der Waals surface area contributed by atoms with Crippen molar-refractivity contribution in [2.45, 2.75) is 32.1 Å². The van der Waals surface area contributed by atoms with Gasteiger partial charge in [-0.2, -0.15) is 0 Å². The minimum Gasteiger partial charge on any atom is -0.0782 e. The Morgan fingerprint density at radius 3 is 2.33 bits per heavy atom. The van der Waals surface area contributed by atoms with Crippen molar-refractivity contribution >= 4 is 0 Å². The molecule has 1 aliphatic carbocycles. The fraction of sp³-hybridized carbons (Fsp3) is 0.556. The van der Waals surface area contributed by atoms with Crippen LogP contribution in [-0.2, 0) is 0 Å². The van der Waals surface area contributed by atoms with E-state index in [-0.39, 0.29) is 0 Å². The first-order valence-electron chi connectivity index (χ1n) is 3.56. The van der Waals surface area contributed by atoms with Crippen molar-refractivity contribution in [3.8, 4) is 0 Å². The van der Waals surface area contributed by atoms with E-state index in [1.165, 1.54) is 37.7 Å². The summed E-state index contributed by atoms with van der Waals surface area (Å²) in [6.07, 6.45) is 6.52. The number of hydrogen-bond acceptors (Lipinski definition) is 0. The molecule has 0 heterocycles. The number of rotatable bonds is 0.